The van der Waals surface area contributed by atoms with Crippen LogP contribution >= 0.6 is 11.8 Å². The summed E-state index contributed by atoms with van der Waals surface area (Å²) in [6.07, 6.45) is 1.55. The Morgan fingerprint density at radius 3 is 2.34 bits per heavy atom. The van der Waals surface area contributed by atoms with Crippen LogP contribution in [0.25, 0.3) is 17.1 Å². The lowest BCUT2D eigenvalue weighted by Crippen LogP contribution is -2.20. The largest absolute Gasteiger partial charge is 0.493 e. The summed E-state index contributed by atoms with van der Waals surface area (Å²) in [5.41, 5.74) is 6.50. The summed E-state index contributed by atoms with van der Waals surface area (Å²) in [7, 11) is 3.14. The zero-order valence-electron chi connectivity index (χ0n) is 22.1. The molecular formula is C29H31N5O3S. The highest BCUT2D eigenvalue weighted by atomic mass is 32.2. The van der Waals surface area contributed by atoms with Gasteiger partial charge in [0, 0.05) is 11.3 Å². The van der Waals surface area contributed by atoms with Gasteiger partial charge in [-0.05, 0) is 46.9 Å². The molecule has 0 fully saturated rings. The third-order valence-electron chi connectivity index (χ3n) is 5.80. The zero-order chi connectivity index (χ0) is 27.1. The minimum Gasteiger partial charge on any atom is -0.493 e. The Bertz CT molecular complexity index is 1410. The van der Waals surface area contributed by atoms with Crippen molar-refractivity contribution < 1.29 is 14.3 Å². The molecule has 1 amide bonds. The van der Waals surface area contributed by atoms with Crippen LogP contribution in [0.15, 0.2) is 83.1 Å². The van der Waals surface area contributed by atoms with Gasteiger partial charge in [-0.1, -0.05) is 75.0 Å². The van der Waals surface area contributed by atoms with Crippen LogP contribution in [0.5, 0.6) is 11.5 Å². The van der Waals surface area contributed by atoms with Crippen molar-refractivity contribution in [3.05, 3.63) is 83.9 Å². The highest BCUT2D eigenvalue weighted by Crippen LogP contribution is 2.30. The van der Waals surface area contributed by atoms with Crippen LogP contribution < -0.4 is 14.9 Å². The number of ether oxygens (including phenoxy) is 2. The van der Waals surface area contributed by atoms with Gasteiger partial charge in [-0.25, -0.2) is 5.43 Å². The molecule has 0 bridgehead atoms. The van der Waals surface area contributed by atoms with E-state index in [4.69, 9.17) is 9.47 Å². The van der Waals surface area contributed by atoms with Crippen LogP contribution in [0.3, 0.4) is 0 Å². The van der Waals surface area contributed by atoms with Crippen LogP contribution in [0.4, 0.5) is 0 Å². The number of carbonyl (C=O) groups excluding carboxylic acids is 1. The maximum Gasteiger partial charge on any atom is 0.250 e. The van der Waals surface area contributed by atoms with Gasteiger partial charge in [0.2, 0.25) is 0 Å². The fourth-order valence-electron chi connectivity index (χ4n) is 3.75. The Kier molecular flexibility index (Phi) is 8.48. The van der Waals surface area contributed by atoms with Crippen LogP contribution in [0.1, 0.15) is 31.9 Å². The van der Waals surface area contributed by atoms with E-state index in [0.29, 0.717) is 22.5 Å². The number of hydrogen-bond donors (Lipinski definition) is 1. The Morgan fingerprint density at radius 2 is 1.68 bits per heavy atom. The summed E-state index contributed by atoms with van der Waals surface area (Å²) in [5.74, 6) is 1.79. The fraction of sp³-hybridized carbons (Fsp3) is 0.241. The number of hydrazone groups is 1. The number of hydrogen-bond acceptors (Lipinski definition) is 7. The van der Waals surface area contributed by atoms with Gasteiger partial charge in [0.25, 0.3) is 5.91 Å². The Balaban J connectivity index is 1.49. The molecule has 0 radical (unpaired) electrons. The second-order valence-electron chi connectivity index (χ2n) is 9.50. The number of amides is 1. The van der Waals surface area contributed by atoms with Crippen molar-refractivity contribution >= 4 is 23.9 Å². The molecule has 0 saturated carbocycles. The molecular weight excluding hydrogens is 498 g/mol. The topological polar surface area (TPSA) is 90.6 Å². The first-order chi connectivity index (χ1) is 18.3. The average Bonchev–Trinajstić information content (AvgIpc) is 3.36. The number of nitrogens with zero attached hydrogens (tertiary/aromatic N) is 4. The van der Waals surface area contributed by atoms with Gasteiger partial charge in [0.05, 0.1) is 26.2 Å². The number of methoxy groups -OCH3 is 2. The van der Waals surface area contributed by atoms with Crippen molar-refractivity contribution in [3.8, 4) is 28.6 Å². The number of aromatic nitrogens is 3. The molecule has 0 aliphatic rings. The van der Waals surface area contributed by atoms with Crippen molar-refractivity contribution in [1.82, 2.24) is 20.2 Å². The fourth-order valence-corrected chi connectivity index (χ4v) is 4.50. The molecule has 4 rings (SSSR count). The first-order valence-electron chi connectivity index (χ1n) is 12.1. The summed E-state index contributed by atoms with van der Waals surface area (Å²) in [5, 5.41) is 13.6. The molecule has 8 nitrogen and oxygen atoms in total. The lowest BCUT2D eigenvalue weighted by molar-refractivity contribution is -0.118. The lowest BCUT2D eigenvalue weighted by atomic mass is 9.87. The van der Waals surface area contributed by atoms with Crippen molar-refractivity contribution in [1.29, 1.82) is 0 Å². The van der Waals surface area contributed by atoms with Crippen LogP contribution in [0.2, 0.25) is 0 Å². The van der Waals surface area contributed by atoms with E-state index in [1.165, 1.54) is 17.3 Å². The number of rotatable bonds is 9. The van der Waals surface area contributed by atoms with Gasteiger partial charge in [-0.2, -0.15) is 5.10 Å². The maximum atomic E-state index is 12.5. The lowest BCUT2D eigenvalue weighted by Gasteiger charge is -2.19. The minimum atomic E-state index is -0.259. The van der Waals surface area contributed by atoms with Crippen LogP contribution in [-0.4, -0.2) is 46.9 Å². The maximum absolute atomic E-state index is 12.5. The van der Waals surface area contributed by atoms with E-state index in [0.717, 1.165) is 16.8 Å². The molecule has 0 spiro atoms. The summed E-state index contributed by atoms with van der Waals surface area (Å²) in [6, 6.07) is 23.6. The Hall–Kier alpha value is -4.11. The number of nitrogens with one attached hydrogen (secondary N) is 1. The SMILES string of the molecule is COc1ccc(/C=N\NC(=O)CSc2nnc(-c3ccc(C(C)(C)C)cc3)n2-c2ccccc2)cc1OC. The molecule has 196 valence electrons. The van der Waals surface area contributed by atoms with E-state index >= 15 is 0 Å². The number of para-hydroxylation sites is 1. The van der Waals surface area contributed by atoms with Gasteiger partial charge in [-0.3, -0.25) is 9.36 Å². The molecule has 0 atom stereocenters. The van der Waals surface area contributed by atoms with E-state index < -0.39 is 0 Å². The summed E-state index contributed by atoms with van der Waals surface area (Å²) in [4.78, 5) is 12.5. The third-order valence-corrected chi connectivity index (χ3v) is 6.73. The Labute approximate surface area is 227 Å². The van der Waals surface area contributed by atoms with E-state index in [1.807, 2.05) is 41.0 Å². The normalized spacial score (nSPS) is 11.5. The predicted molar refractivity (Wildman–Crippen MR) is 152 cm³/mol. The third kappa shape index (κ3) is 6.41. The Morgan fingerprint density at radius 1 is 0.974 bits per heavy atom. The second kappa shape index (κ2) is 12.0. The van der Waals surface area contributed by atoms with Gasteiger partial charge in [-0.15, -0.1) is 10.2 Å². The number of benzene rings is 3. The number of thioether (sulfide) groups is 1. The van der Waals surface area contributed by atoms with Crippen molar-refractivity contribution in [3.63, 3.8) is 0 Å². The molecule has 38 heavy (non-hydrogen) atoms. The first-order valence-corrected chi connectivity index (χ1v) is 13.1. The summed E-state index contributed by atoms with van der Waals surface area (Å²) >= 11 is 1.30. The molecule has 3 aromatic carbocycles. The van der Waals surface area contributed by atoms with Gasteiger partial charge in [0.1, 0.15) is 0 Å². The molecule has 9 heteroatoms. The molecule has 1 N–H and O–H groups in total. The quantitative estimate of drug-likeness (QED) is 0.175. The van der Waals surface area contributed by atoms with E-state index in [9.17, 15) is 4.79 Å². The minimum absolute atomic E-state index is 0.0575. The van der Waals surface area contributed by atoms with Gasteiger partial charge in [0.15, 0.2) is 22.5 Å². The zero-order valence-corrected chi connectivity index (χ0v) is 23.0. The summed E-state index contributed by atoms with van der Waals surface area (Å²) < 4.78 is 12.5. The van der Waals surface area contributed by atoms with Crippen molar-refractivity contribution in [2.45, 2.75) is 31.3 Å². The standard InChI is InChI=1S/C29H31N5O3S/c1-29(2,3)22-14-12-21(13-15-22)27-32-33-28(34(27)23-9-7-6-8-10-23)38-19-26(35)31-30-18-20-11-16-24(36-4)25(17-20)37-5/h6-18H,19H2,1-5H3,(H,31,35)/b30-18-. The molecule has 0 unspecified atom stereocenters. The van der Waals surface area contributed by atoms with Crippen molar-refractivity contribution in [2.24, 2.45) is 5.10 Å². The first kappa shape index (κ1) is 26.9. The van der Waals surface area contributed by atoms with Gasteiger partial charge < -0.3 is 9.47 Å². The average molecular weight is 530 g/mol. The van der Waals surface area contributed by atoms with E-state index in [1.54, 1.807) is 32.6 Å². The molecule has 0 aliphatic heterocycles. The molecule has 0 aliphatic carbocycles. The van der Waals surface area contributed by atoms with E-state index in [2.05, 4.69) is 65.8 Å². The van der Waals surface area contributed by atoms with Crippen molar-refractivity contribution in [2.75, 3.05) is 20.0 Å². The highest BCUT2D eigenvalue weighted by molar-refractivity contribution is 7.99. The molecule has 1 aromatic heterocycles. The highest BCUT2D eigenvalue weighted by Gasteiger charge is 2.19. The smallest absolute Gasteiger partial charge is 0.250 e. The van der Waals surface area contributed by atoms with Crippen LogP contribution in [-0.2, 0) is 10.2 Å². The monoisotopic (exact) mass is 529 g/mol. The molecule has 0 saturated heterocycles. The molecule has 1 heterocycles. The summed E-state index contributed by atoms with van der Waals surface area (Å²) in [6.45, 7) is 6.56. The van der Waals surface area contributed by atoms with E-state index in [-0.39, 0.29) is 17.1 Å². The van der Waals surface area contributed by atoms with Gasteiger partial charge >= 0.3 is 0 Å². The molecule has 4 aromatic rings. The van der Waals surface area contributed by atoms with Crippen LogP contribution in [0, 0.1) is 0 Å². The number of carbonyl (C=O) groups is 1. The predicted octanol–water partition coefficient (Wildman–Crippen LogP) is 5.49. The second-order valence-corrected chi connectivity index (χ2v) is 10.4.